The summed E-state index contributed by atoms with van der Waals surface area (Å²) in [6.07, 6.45) is 2.23. The molecule has 9 heteroatoms. The molecule has 2 aromatic carbocycles. The second-order valence-electron chi connectivity index (χ2n) is 8.83. The van der Waals surface area contributed by atoms with E-state index in [9.17, 15) is 20.0 Å². The Kier molecular flexibility index (Phi) is 4.64. The summed E-state index contributed by atoms with van der Waals surface area (Å²) in [5, 5.41) is 21.9. The summed E-state index contributed by atoms with van der Waals surface area (Å²) in [5.74, 6) is 0.421. The van der Waals surface area contributed by atoms with Crippen molar-refractivity contribution >= 4 is 16.7 Å². The maximum Gasteiger partial charge on any atom is 0.336 e. The third-order valence-electron chi connectivity index (χ3n) is 6.99. The summed E-state index contributed by atoms with van der Waals surface area (Å²) < 4.78 is 8.09. The van der Waals surface area contributed by atoms with Gasteiger partial charge in [0.15, 0.2) is 0 Å². The van der Waals surface area contributed by atoms with Crippen LogP contribution in [0.4, 0.5) is 0 Å². The molecule has 1 fully saturated rings. The molecule has 6 rings (SSSR count). The van der Waals surface area contributed by atoms with Gasteiger partial charge < -0.3 is 14.7 Å². The second-order valence-corrected chi connectivity index (χ2v) is 8.83. The standard InChI is InChI=1S/C26H21N5O4/c1-35-17-6-4-5-15(9-17)10-23(32)29-14-16-11-21(29)24-25(33)31(26(34)30(16)24)22-13-28-20(12-27)18-7-2-3-8-19(18)22/h2-9,13,16,21,33H,10-11,14H2,1H3/t16-,21?/m1/s1. The number of fused-ring (bicyclic) bond motifs is 6. The van der Waals surface area contributed by atoms with Crippen molar-refractivity contribution in [3.05, 3.63) is 82.2 Å². The smallest absolute Gasteiger partial charge is 0.336 e. The Bertz CT molecular complexity index is 1610. The highest BCUT2D eigenvalue weighted by atomic mass is 16.5. The van der Waals surface area contributed by atoms with Gasteiger partial charge in [-0.05, 0) is 24.1 Å². The van der Waals surface area contributed by atoms with E-state index >= 15 is 0 Å². The number of hydrogen-bond acceptors (Lipinski definition) is 6. The number of amides is 1. The Morgan fingerprint density at radius 3 is 2.80 bits per heavy atom. The monoisotopic (exact) mass is 467 g/mol. The number of carbonyl (C=O) groups is 1. The van der Waals surface area contributed by atoms with Crippen LogP contribution in [0.15, 0.2) is 59.5 Å². The highest BCUT2D eigenvalue weighted by molar-refractivity contribution is 5.93. The summed E-state index contributed by atoms with van der Waals surface area (Å²) in [4.78, 5) is 32.6. The van der Waals surface area contributed by atoms with Gasteiger partial charge in [-0.25, -0.2) is 14.3 Å². The zero-order chi connectivity index (χ0) is 24.3. The van der Waals surface area contributed by atoms with E-state index in [4.69, 9.17) is 4.74 Å². The van der Waals surface area contributed by atoms with Crippen LogP contribution >= 0.6 is 0 Å². The van der Waals surface area contributed by atoms with Gasteiger partial charge in [-0.3, -0.25) is 9.36 Å². The van der Waals surface area contributed by atoms with Gasteiger partial charge in [0.2, 0.25) is 11.8 Å². The fraction of sp³-hybridized carbons (Fsp3) is 0.231. The summed E-state index contributed by atoms with van der Waals surface area (Å²) in [6, 6.07) is 16.0. The lowest BCUT2D eigenvalue weighted by Crippen LogP contribution is -2.38. The molecular weight excluding hydrogens is 446 g/mol. The largest absolute Gasteiger partial charge is 0.497 e. The van der Waals surface area contributed by atoms with E-state index in [2.05, 4.69) is 11.1 Å². The fourth-order valence-corrected chi connectivity index (χ4v) is 5.44. The average Bonchev–Trinajstić information content (AvgIpc) is 3.55. The minimum Gasteiger partial charge on any atom is -0.497 e. The second kappa shape index (κ2) is 7.74. The Morgan fingerprint density at radius 2 is 2.03 bits per heavy atom. The van der Waals surface area contributed by atoms with E-state index in [0.717, 1.165) is 5.56 Å². The molecule has 0 saturated carbocycles. The third-order valence-corrected chi connectivity index (χ3v) is 6.99. The number of likely N-dealkylation sites (tertiary alicyclic amines) is 1. The molecule has 35 heavy (non-hydrogen) atoms. The van der Waals surface area contributed by atoms with Gasteiger partial charge in [-0.15, -0.1) is 0 Å². The van der Waals surface area contributed by atoms with Crippen molar-refractivity contribution in [2.75, 3.05) is 13.7 Å². The Balaban J connectivity index is 1.39. The maximum absolute atomic E-state index is 13.5. The SMILES string of the molecule is COc1cccc(CC(=O)N2C[C@H]3CC2c2c(O)n(-c4cnc(C#N)c5ccccc45)c(=O)n23)c1. The van der Waals surface area contributed by atoms with E-state index < -0.39 is 0 Å². The molecule has 2 aliphatic rings. The molecule has 1 amide bonds. The number of pyridine rings is 1. The van der Waals surface area contributed by atoms with Gasteiger partial charge in [0.1, 0.15) is 23.2 Å². The number of ether oxygens (including phenoxy) is 1. The van der Waals surface area contributed by atoms with Gasteiger partial charge >= 0.3 is 5.69 Å². The van der Waals surface area contributed by atoms with E-state index in [-0.39, 0.29) is 41.7 Å². The van der Waals surface area contributed by atoms with Crippen LogP contribution < -0.4 is 10.4 Å². The lowest BCUT2D eigenvalue weighted by molar-refractivity contribution is -0.132. The van der Waals surface area contributed by atoms with E-state index in [1.54, 1.807) is 34.8 Å². The predicted molar refractivity (Wildman–Crippen MR) is 127 cm³/mol. The van der Waals surface area contributed by atoms with Crippen molar-refractivity contribution in [1.82, 2.24) is 19.0 Å². The van der Waals surface area contributed by atoms with Crippen LogP contribution in [0.3, 0.4) is 0 Å². The quantitative estimate of drug-likeness (QED) is 0.494. The van der Waals surface area contributed by atoms with Crippen molar-refractivity contribution in [2.24, 2.45) is 0 Å². The Labute approximate surface area is 200 Å². The zero-order valence-corrected chi connectivity index (χ0v) is 18.9. The minimum absolute atomic E-state index is 0.0675. The van der Waals surface area contributed by atoms with Gasteiger partial charge in [0.25, 0.3) is 0 Å². The number of aromatic hydroxyl groups is 1. The van der Waals surface area contributed by atoms with Crippen molar-refractivity contribution in [2.45, 2.75) is 24.9 Å². The molecule has 2 atom stereocenters. The van der Waals surface area contributed by atoms with Gasteiger partial charge in [-0.2, -0.15) is 5.26 Å². The molecular formula is C26H21N5O4. The molecule has 1 N–H and O–H groups in total. The van der Waals surface area contributed by atoms with E-state index in [0.29, 0.717) is 40.9 Å². The summed E-state index contributed by atoms with van der Waals surface area (Å²) in [6.45, 7) is 0.413. The van der Waals surface area contributed by atoms with Crippen LogP contribution in [0.5, 0.6) is 11.6 Å². The van der Waals surface area contributed by atoms with Crippen LogP contribution in [0.1, 0.15) is 35.5 Å². The lowest BCUT2D eigenvalue weighted by atomic mass is 10.1. The normalized spacial score (nSPS) is 18.0. The third kappa shape index (κ3) is 3.03. The molecule has 2 aromatic heterocycles. The number of aromatic nitrogens is 3. The molecule has 0 aliphatic carbocycles. The Morgan fingerprint density at radius 1 is 1.23 bits per heavy atom. The molecule has 1 saturated heterocycles. The number of nitriles is 1. The average molecular weight is 467 g/mol. The molecule has 0 spiro atoms. The van der Waals surface area contributed by atoms with Crippen LogP contribution in [-0.4, -0.2) is 43.7 Å². The first kappa shape index (κ1) is 21.0. The number of imidazole rings is 1. The predicted octanol–water partition coefficient (Wildman–Crippen LogP) is 2.84. The molecule has 2 bridgehead atoms. The first-order valence-corrected chi connectivity index (χ1v) is 11.3. The summed E-state index contributed by atoms with van der Waals surface area (Å²) >= 11 is 0. The van der Waals surface area contributed by atoms with Crippen LogP contribution in [0, 0.1) is 11.3 Å². The van der Waals surface area contributed by atoms with Gasteiger partial charge in [-0.1, -0.05) is 36.4 Å². The number of rotatable bonds is 4. The molecule has 9 nitrogen and oxygen atoms in total. The van der Waals surface area contributed by atoms with Crippen LogP contribution in [0.2, 0.25) is 0 Å². The first-order chi connectivity index (χ1) is 17.0. The molecule has 174 valence electrons. The van der Waals surface area contributed by atoms with Gasteiger partial charge in [0.05, 0.1) is 37.5 Å². The maximum atomic E-state index is 13.5. The van der Waals surface area contributed by atoms with E-state index in [1.165, 1.54) is 10.8 Å². The number of hydrogen-bond donors (Lipinski definition) is 1. The minimum atomic E-state index is -0.385. The number of nitrogens with zero attached hydrogens (tertiary/aromatic N) is 5. The topological polar surface area (TPSA) is 113 Å². The highest BCUT2D eigenvalue weighted by Gasteiger charge is 2.49. The van der Waals surface area contributed by atoms with Crippen molar-refractivity contribution < 1.29 is 14.6 Å². The number of benzene rings is 2. The van der Waals surface area contributed by atoms with Crippen LogP contribution in [0.25, 0.3) is 16.5 Å². The number of methoxy groups -OCH3 is 1. The lowest BCUT2D eigenvalue weighted by Gasteiger charge is -2.27. The van der Waals surface area contributed by atoms with Crippen molar-refractivity contribution in [3.8, 4) is 23.4 Å². The molecule has 4 heterocycles. The highest BCUT2D eigenvalue weighted by Crippen LogP contribution is 2.49. The zero-order valence-electron chi connectivity index (χ0n) is 18.9. The number of carbonyl (C=O) groups excluding carboxylic acids is 1. The van der Waals surface area contributed by atoms with E-state index in [1.807, 2.05) is 30.3 Å². The van der Waals surface area contributed by atoms with Crippen LogP contribution in [-0.2, 0) is 11.2 Å². The fourth-order valence-electron chi connectivity index (χ4n) is 5.44. The molecule has 1 unspecified atom stereocenters. The Hall–Kier alpha value is -4.58. The molecule has 0 radical (unpaired) electrons. The van der Waals surface area contributed by atoms with Gasteiger partial charge in [0, 0.05) is 17.3 Å². The first-order valence-electron chi connectivity index (χ1n) is 11.3. The molecule has 4 aromatic rings. The van der Waals surface area contributed by atoms with Crippen molar-refractivity contribution in [1.29, 1.82) is 5.26 Å². The molecule has 2 aliphatic heterocycles. The summed E-state index contributed by atoms with van der Waals surface area (Å²) in [5.41, 5.74) is 1.56. The summed E-state index contributed by atoms with van der Waals surface area (Å²) in [7, 11) is 1.58. The van der Waals surface area contributed by atoms with Crippen molar-refractivity contribution in [3.63, 3.8) is 0 Å².